The van der Waals surface area contributed by atoms with Gasteiger partial charge in [0.2, 0.25) is 0 Å². The second-order valence-electron chi connectivity index (χ2n) is 3.68. The van der Waals surface area contributed by atoms with Crippen LogP contribution in [0.2, 0.25) is 0 Å². The summed E-state index contributed by atoms with van der Waals surface area (Å²) in [7, 11) is 0. The normalized spacial score (nSPS) is 10.2. The third kappa shape index (κ3) is 2.69. The van der Waals surface area contributed by atoms with Crippen LogP contribution in [0.15, 0.2) is 30.6 Å². The topological polar surface area (TPSA) is 57.8 Å². The van der Waals surface area contributed by atoms with Crippen molar-refractivity contribution in [3.63, 3.8) is 0 Å². The summed E-state index contributed by atoms with van der Waals surface area (Å²) in [6.07, 6.45) is 3.28. The molecule has 2 rings (SSSR count). The van der Waals surface area contributed by atoms with Crippen molar-refractivity contribution in [1.82, 2.24) is 15.3 Å². The van der Waals surface area contributed by atoms with Crippen LogP contribution < -0.4 is 5.32 Å². The van der Waals surface area contributed by atoms with E-state index in [0.717, 1.165) is 0 Å². The molecule has 17 heavy (non-hydrogen) atoms. The number of carbonyl (C=O) groups excluding carboxylic acids is 1. The number of aryl methyl sites for hydroxylation is 1. The Morgan fingerprint density at radius 2 is 2.35 bits per heavy atom. The molecule has 0 spiro atoms. The Morgan fingerprint density at radius 1 is 1.53 bits per heavy atom. The van der Waals surface area contributed by atoms with Gasteiger partial charge >= 0.3 is 0 Å². The van der Waals surface area contributed by atoms with E-state index in [0.29, 0.717) is 23.5 Å². The van der Waals surface area contributed by atoms with Crippen LogP contribution in [0.1, 0.15) is 21.7 Å². The molecule has 4 nitrogen and oxygen atoms in total. The van der Waals surface area contributed by atoms with Gasteiger partial charge < -0.3 is 10.3 Å². The predicted molar refractivity (Wildman–Crippen MR) is 60.9 cm³/mol. The summed E-state index contributed by atoms with van der Waals surface area (Å²) in [5.74, 6) is -0.0399. The molecule has 0 aliphatic heterocycles. The number of nitrogens with zero attached hydrogens (tertiary/aromatic N) is 1. The number of hydrogen-bond donors (Lipinski definition) is 2. The monoisotopic (exact) mass is 233 g/mol. The average molecular weight is 233 g/mol. The van der Waals surface area contributed by atoms with Crippen molar-refractivity contribution in [3.05, 3.63) is 53.4 Å². The molecule has 0 aliphatic carbocycles. The van der Waals surface area contributed by atoms with Gasteiger partial charge in [-0.25, -0.2) is 9.37 Å². The average Bonchev–Trinajstić information content (AvgIpc) is 2.82. The Kier molecular flexibility index (Phi) is 3.18. The molecule has 0 saturated heterocycles. The molecule has 0 saturated carbocycles. The molecule has 0 bridgehead atoms. The summed E-state index contributed by atoms with van der Waals surface area (Å²) >= 11 is 0. The summed E-state index contributed by atoms with van der Waals surface area (Å²) in [6, 6.07) is 4.40. The van der Waals surface area contributed by atoms with Gasteiger partial charge in [0.1, 0.15) is 11.6 Å². The van der Waals surface area contributed by atoms with Crippen LogP contribution in [0, 0.1) is 12.7 Å². The zero-order valence-corrected chi connectivity index (χ0v) is 9.33. The molecular formula is C12H12FN3O. The van der Waals surface area contributed by atoms with Crippen LogP contribution in [0.25, 0.3) is 0 Å². The maximum absolute atomic E-state index is 13.3. The van der Waals surface area contributed by atoms with Gasteiger partial charge in [0.15, 0.2) is 0 Å². The Bertz CT molecular complexity index is 523. The molecule has 0 radical (unpaired) electrons. The highest BCUT2D eigenvalue weighted by molar-refractivity contribution is 5.94. The number of rotatable bonds is 3. The van der Waals surface area contributed by atoms with Crippen molar-refractivity contribution >= 4 is 5.91 Å². The maximum atomic E-state index is 13.3. The number of benzene rings is 1. The molecule has 88 valence electrons. The van der Waals surface area contributed by atoms with Gasteiger partial charge in [-0.15, -0.1) is 0 Å². The van der Waals surface area contributed by atoms with Gasteiger partial charge in [0.05, 0.1) is 6.54 Å². The van der Waals surface area contributed by atoms with E-state index in [9.17, 15) is 9.18 Å². The Hall–Kier alpha value is -2.17. The molecule has 1 aromatic heterocycles. The van der Waals surface area contributed by atoms with E-state index in [1.165, 1.54) is 6.07 Å². The molecule has 1 heterocycles. The highest BCUT2D eigenvalue weighted by atomic mass is 19.1. The van der Waals surface area contributed by atoms with E-state index < -0.39 is 0 Å². The van der Waals surface area contributed by atoms with Crippen molar-refractivity contribution in [1.29, 1.82) is 0 Å². The van der Waals surface area contributed by atoms with Crippen LogP contribution in [0.5, 0.6) is 0 Å². The Morgan fingerprint density at radius 3 is 3.00 bits per heavy atom. The second kappa shape index (κ2) is 4.78. The first kappa shape index (κ1) is 11.3. The van der Waals surface area contributed by atoms with Gasteiger partial charge in [0, 0.05) is 18.0 Å². The molecule has 2 N–H and O–H groups in total. The first-order chi connectivity index (χ1) is 8.16. The van der Waals surface area contributed by atoms with Crippen molar-refractivity contribution in [3.8, 4) is 0 Å². The van der Waals surface area contributed by atoms with Gasteiger partial charge in [0.25, 0.3) is 5.91 Å². The van der Waals surface area contributed by atoms with Crippen molar-refractivity contribution < 1.29 is 9.18 Å². The second-order valence-corrected chi connectivity index (χ2v) is 3.68. The van der Waals surface area contributed by atoms with E-state index in [4.69, 9.17) is 0 Å². The number of aromatic nitrogens is 2. The fourth-order valence-electron chi connectivity index (χ4n) is 1.39. The van der Waals surface area contributed by atoms with E-state index in [-0.39, 0.29) is 11.7 Å². The highest BCUT2D eigenvalue weighted by Gasteiger charge is 2.08. The highest BCUT2D eigenvalue weighted by Crippen LogP contribution is 2.09. The van der Waals surface area contributed by atoms with Crippen LogP contribution in [-0.2, 0) is 6.54 Å². The molecule has 0 unspecified atom stereocenters. The first-order valence-electron chi connectivity index (χ1n) is 5.19. The lowest BCUT2D eigenvalue weighted by Crippen LogP contribution is -2.23. The Balaban J connectivity index is 2.02. The molecule has 1 aromatic carbocycles. The van der Waals surface area contributed by atoms with E-state index in [2.05, 4.69) is 15.3 Å². The molecule has 0 atom stereocenters. The summed E-state index contributed by atoms with van der Waals surface area (Å²) in [5.41, 5.74) is 0.826. The number of halogens is 1. The van der Waals surface area contributed by atoms with Crippen LogP contribution in [0.3, 0.4) is 0 Å². The number of imidazole rings is 1. The third-order valence-corrected chi connectivity index (χ3v) is 2.41. The molecule has 0 fully saturated rings. The fourth-order valence-corrected chi connectivity index (χ4v) is 1.39. The molecule has 5 heteroatoms. The number of H-pyrrole nitrogens is 1. The number of nitrogens with one attached hydrogen (secondary N) is 2. The van der Waals surface area contributed by atoms with Crippen LogP contribution in [0.4, 0.5) is 4.39 Å². The molecule has 0 aliphatic rings. The van der Waals surface area contributed by atoms with Gasteiger partial charge in [-0.3, -0.25) is 4.79 Å². The lowest BCUT2D eigenvalue weighted by Gasteiger charge is -2.04. The SMILES string of the molecule is Cc1ccc(C(=O)NCc2ncc[nH]2)cc1F. The van der Waals surface area contributed by atoms with Crippen LogP contribution >= 0.6 is 0 Å². The Labute approximate surface area is 97.9 Å². The first-order valence-corrected chi connectivity index (χ1v) is 5.19. The largest absolute Gasteiger partial charge is 0.347 e. The summed E-state index contributed by atoms with van der Waals surface area (Å²) in [4.78, 5) is 18.5. The zero-order valence-electron chi connectivity index (χ0n) is 9.33. The zero-order chi connectivity index (χ0) is 12.3. The quantitative estimate of drug-likeness (QED) is 0.849. The number of aromatic amines is 1. The fraction of sp³-hybridized carbons (Fsp3) is 0.167. The van der Waals surface area contributed by atoms with Crippen LogP contribution in [-0.4, -0.2) is 15.9 Å². The summed E-state index contributed by atoms with van der Waals surface area (Å²) in [6.45, 7) is 1.95. The minimum absolute atomic E-state index is 0.293. The maximum Gasteiger partial charge on any atom is 0.251 e. The molecule has 2 aromatic rings. The van der Waals surface area contributed by atoms with E-state index >= 15 is 0 Å². The number of amides is 1. The number of hydrogen-bond acceptors (Lipinski definition) is 2. The minimum Gasteiger partial charge on any atom is -0.347 e. The van der Waals surface area contributed by atoms with Gasteiger partial charge in [-0.1, -0.05) is 6.07 Å². The standard InChI is InChI=1S/C12H12FN3O/c1-8-2-3-9(6-10(8)13)12(17)16-7-11-14-4-5-15-11/h2-6H,7H2,1H3,(H,14,15)(H,16,17). The molecular weight excluding hydrogens is 221 g/mol. The van der Waals surface area contributed by atoms with Gasteiger partial charge in [-0.2, -0.15) is 0 Å². The van der Waals surface area contributed by atoms with Gasteiger partial charge in [-0.05, 0) is 24.6 Å². The summed E-state index contributed by atoms with van der Waals surface area (Å²) in [5, 5.41) is 2.65. The van der Waals surface area contributed by atoms with E-state index in [1.54, 1.807) is 31.5 Å². The summed E-state index contributed by atoms with van der Waals surface area (Å²) < 4.78 is 13.3. The van der Waals surface area contributed by atoms with Crippen molar-refractivity contribution in [2.75, 3.05) is 0 Å². The van der Waals surface area contributed by atoms with Crippen molar-refractivity contribution in [2.45, 2.75) is 13.5 Å². The minimum atomic E-state index is -0.379. The molecule has 1 amide bonds. The number of carbonyl (C=O) groups is 1. The third-order valence-electron chi connectivity index (χ3n) is 2.41. The van der Waals surface area contributed by atoms with Crippen molar-refractivity contribution in [2.24, 2.45) is 0 Å². The lowest BCUT2D eigenvalue weighted by molar-refractivity contribution is 0.0949. The predicted octanol–water partition coefficient (Wildman–Crippen LogP) is 1.79. The smallest absolute Gasteiger partial charge is 0.251 e. The van der Waals surface area contributed by atoms with E-state index in [1.807, 2.05) is 0 Å². The lowest BCUT2D eigenvalue weighted by atomic mass is 10.1.